The maximum absolute atomic E-state index is 13.4. The van der Waals surface area contributed by atoms with Gasteiger partial charge in [-0.1, -0.05) is 53.5 Å². The highest BCUT2D eigenvalue weighted by Crippen LogP contribution is 2.41. The summed E-state index contributed by atoms with van der Waals surface area (Å²) in [7, 11) is 0. The summed E-state index contributed by atoms with van der Waals surface area (Å²) in [5.41, 5.74) is 2.58. The van der Waals surface area contributed by atoms with Gasteiger partial charge in [0.05, 0.1) is 29.4 Å². The van der Waals surface area contributed by atoms with E-state index in [9.17, 15) is 9.59 Å². The van der Waals surface area contributed by atoms with Crippen molar-refractivity contribution in [1.82, 2.24) is 4.90 Å². The lowest BCUT2D eigenvalue weighted by atomic mass is 10.1. The van der Waals surface area contributed by atoms with Gasteiger partial charge in [-0.2, -0.15) is 0 Å². The zero-order chi connectivity index (χ0) is 22.0. The minimum atomic E-state index is -0.413. The largest absolute Gasteiger partial charge is 0.378 e. The number of nitrogens with zero attached hydrogens (tertiary/aromatic N) is 1. The van der Waals surface area contributed by atoms with Crippen LogP contribution in [0.15, 0.2) is 48.5 Å². The number of carbonyl (C=O) groups excluding carboxylic acids is 2. The fraction of sp³-hybridized carbons (Fsp3) is 0.217. The first-order valence-corrected chi connectivity index (χ1v) is 11.3. The van der Waals surface area contributed by atoms with E-state index in [1.165, 1.54) is 17.4 Å². The highest BCUT2D eigenvalue weighted by atomic mass is 35.5. The van der Waals surface area contributed by atoms with Crippen molar-refractivity contribution in [3.05, 3.63) is 75.3 Å². The zero-order valence-corrected chi connectivity index (χ0v) is 19.1. The summed E-state index contributed by atoms with van der Waals surface area (Å²) >= 11 is 13.6. The summed E-state index contributed by atoms with van der Waals surface area (Å²) in [6.45, 7) is 3.94. The molecule has 0 saturated carbocycles. The van der Waals surface area contributed by atoms with E-state index in [1.54, 1.807) is 17.0 Å². The van der Waals surface area contributed by atoms with Gasteiger partial charge in [0.2, 0.25) is 0 Å². The van der Waals surface area contributed by atoms with Crippen LogP contribution in [-0.4, -0.2) is 43.0 Å². The first kappa shape index (κ1) is 21.8. The normalized spacial score (nSPS) is 13.8. The summed E-state index contributed by atoms with van der Waals surface area (Å²) in [5, 5.41) is 4.10. The van der Waals surface area contributed by atoms with Crippen molar-refractivity contribution in [2.24, 2.45) is 0 Å². The summed E-state index contributed by atoms with van der Waals surface area (Å²) in [6.07, 6.45) is 0. The molecule has 0 spiro atoms. The standard InChI is InChI=1S/C23H20Cl2N2O3S/c1-14-19(23(29)27-9-11-30-12-10-27)22(31-20(14)15-5-3-2-4-6-15)26-21(28)17-13-16(24)7-8-18(17)25/h2-8,13H,9-12H2,1H3,(H,26,28). The lowest BCUT2D eigenvalue weighted by Gasteiger charge is -2.27. The zero-order valence-electron chi connectivity index (χ0n) is 16.8. The summed E-state index contributed by atoms with van der Waals surface area (Å²) in [4.78, 5) is 29.1. The van der Waals surface area contributed by atoms with Crippen molar-refractivity contribution in [2.75, 3.05) is 31.6 Å². The van der Waals surface area contributed by atoms with Crippen LogP contribution in [0, 0.1) is 6.92 Å². The van der Waals surface area contributed by atoms with E-state index in [-0.39, 0.29) is 11.5 Å². The fourth-order valence-electron chi connectivity index (χ4n) is 3.49. The van der Waals surface area contributed by atoms with Crippen molar-refractivity contribution in [3.63, 3.8) is 0 Å². The number of nitrogens with one attached hydrogen (secondary N) is 1. The van der Waals surface area contributed by atoms with Crippen molar-refractivity contribution in [2.45, 2.75) is 6.92 Å². The molecule has 1 aliphatic heterocycles. The van der Waals surface area contributed by atoms with Crippen LogP contribution in [0.1, 0.15) is 26.3 Å². The van der Waals surface area contributed by atoms with Crippen LogP contribution in [-0.2, 0) is 4.74 Å². The van der Waals surface area contributed by atoms with Gasteiger partial charge < -0.3 is 15.0 Å². The summed E-state index contributed by atoms with van der Waals surface area (Å²) < 4.78 is 5.38. The van der Waals surface area contributed by atoms with Crippen molar-refractivity contribution in [3.8, 4) is 10.4 Å². The van der Waals surface area contributed by atoms with Crippen LogP contribution in [0.4, 0.5) is 5.00 Å². The second kappa shape index (κ2) is 9.40. The SMILES string of the molecule is Cc1c(-c2ccccc2)sc(NC(=O)c2cc(Cl)ccc2Cl)c1C(=O)N1CCOCC1. The minimum absolute atomic E-state index is 0.119. The van der Waals surface area contributed by atoms with Gasteiger partial charge in [-0.05, 0) is 36.2 Å². The molecule has 2 amide bonds. The number of anilines is 1. The number of hydrogen-bond acceptors (Lipinski definition) is 4. The molecule has 2 aromatic carbocycles. The van der Waals surface area contributed by atoms with Crippen LogP contribution in [0.2, 0.25) is 10.0 Å². The first-order valence-electron chi connectivity index (χ1n) is 9.78. The van der Waals surface area contributed by atoms with Crippen molar-refractivity contribution < 1.29 is 14.3 Å². The number of hydrogen-bond donors (Lipinski definition) is 1. The average Bonchev–Trinajstić information content (AvgIpc) is 3.11. The van der Waals surface area contributed by atoms with E-state index in [0.717, 1.165) is 16.0 Å². The van der Waals surface area contributed by atoms with Gasteiger partial charge in [0.15, 0.2) is 0 Å². The third-order valence-corrected chi connectivity index (χ3v) is 6.92. The molecular weight excluding hydrogens is 455 g/mol. The second-order valence-electron chi connectivity index (χ2n) is 7.11. The maximum atomic E-state index is 13.4. The number of halogens is 2. The molecule has 31 heavy (non-hydrogen) atoms. The third kappa shape index (κ3) is 4.62. The predicted octanol–water partition coefficient (Wildman–Crippen LogP) is 5.76. The van der Waals surface area contributed by atoms with E-state index in [1.807, 2.05) is 37.3 Å². The third-order valence-electron chi connectivity index (χ3n) is 5.10. The molecule has 160 valence electrons. The Morgan fingerprint density at radius 2 is 1.77 bits per heavy atom. The number of amides is 2. The summed E-state index contributed by atoms with van der Waals surface area (Å²) in [6, 6.07) is 14.5. The minimum Gasteiger partial charge on any atom is -0.378 e. The van der Waals surface area contributed by atoms with E-state index < -0.39 is 5.91 Å². The number of rotatable bonds is 4. The number of thiophene rings is 1. The monoisotopic (exact) mass is 474 g/mol. The Balaban J connectivity index is 1.75. The van der Waals surface area contributed by atoms with Crippen LogP contribution < -0.4 is 5.32 Å². The Morgan fingerprint density at radius 3 is 2.48 bits per heavy atom. The number of ether oxygens (including phenoxy) is 1. The lowest BCUT2D eigenvalue weighted by molar-refractivity contribution is 0.0303. The molecule has 1 aliphatic rings. The van der Waals surface area contributed by atoms with Crippen LogP contribution >= 0.6 is 34.5 Å². The molecule has 0 unspecified atom stereocenters. The molecule has 1 fully saturated rings. The molecule has 0 radical (unpaired) electrons. The van der Waals surface area contributed by atoms with Gasteiger partial charge in [-0.25, -0.2) is 0 Å². The Morgan fingerprint density at radius 1 is 1.06 bits per heavy atom. The molecule has 5 nitrogen and oxygen atoms in total. The smallest absolute Gasteiger partial charge is 0.257 e. The Hall–Kier alpha value is -2.38. The van der Waals surface area contributed by atoms with Crippen LogP contribution in [0.5, 0.6) is 0 Å². The molecule has 0 atom stereocenters. The molecule has 2 heterocycles. The number of morpholine rings is 1. The van der Waals surface area contributed by atoms with E-state index in [4.69, 9.17) is 27.9 Å². The average molecular weight is 475 g/mol. The van der Waals surface area contributed by atoms with Gasteiger partial charge in [0, 0.05) is 23.0 Å². The molecule has 3 aromatic rings. The van der Waals surface area contributed by atoms with E-state index in [2.05, 4.69) is 5.32 Å². The molecule has 1 aromatic heterocycles. The maximum Gasteiger partial charge on any atom is 0.257 e. The molecule has 8 heteroatoms. The molecule has 4 rings (SSSR count). The van der Waals surface area contributed by atoms with Gasteiger partial charge in [-0.3, -0.25) is 9.59 Å². The Labute approximate surface area is 194 Å². The number of benzene rings is 2. The van der Waals surface area contributed by atoms with Crippen LogP contribution in [0.25, 0.3) is 10.4 Å². The van der Waals surface area contributed by atoms with Gasteiger partial charge in [-0.15, -0.1) is 11.3 Å². The van der Waals surface area contributed by atoms with Gasteiger partial charge >= 0.3 is 0 Å². The van der Waals surface area contributed by atoms with E-state index in [0.29, 0.717) is 46.9 Å². The quantitative estimate of drug-likeness (QED) is 0.523. The Bertz CT molecular complexity index is 1130. The molecular formula is C23H20Cl2N2O3S. The summed E-state index contributed by atoms with van der Waals surface area (Å²) in [5.74, 6) is -0.531. The Kier molecular flexibility index (Phi) is 6.62. The molecule has 0 aliphatic carbocycles. The van der Waals surface area contributed by atoms with Crippen LogP contribution in [0.3, 0.4) is 0 Å². The molecule has 1 saturated heterocycles. The van der Waals surface area contributed by atoms with Crippen molar-refractivity contribution >= 4 is 51.4 Å². The fourth-order valence-corrected chi connectivity index (χ4v) is 5.07. The lowest BCUT2D eigenvalue weighted by Crippen LogP contribution is -2.41. The van der Waals surface area contributed by atoms with E-state index >= 15 is 0 Å². The highest BCUT2D eigenvalue weighted by Gasteiger charge is 2.28. The number of carbonyl (C=O) groups is 2. The first-order chi connectivity index (χ1) is 15.0. The molecule has 0 bridgehead atoms. The molecule has 1 N–H and O–H groups in total. The highest BCUT2D eigenvalue weighted by molar-refractivity contribution is 7.20. The van der Waals surface area contributed by atoms with Gasteiger partial charge in [0.25, 0.3) is 11.8 Å². The van der Waals surface area contributed by atoms with Gasteiger partial charge in [0.1, 0.15) is 5.00 Å². The second-order valence-corrected chi connectivity index (χ2v) is 8.97. The topological polar surface area (TPSA) is 58.6 Å². The van der Waals surface area contributed by atoms with Crippen molar-refractivity contribution in [1.29, 1.82) is 0 Å². The predicted molar refractivity (Wildman–Crippen MR) is 126 cm³/mol.